The molecule has 2 amide bonds. The molecule has 0 radical (unpaired) electrons. The average Bonchev–Trinajstić information content (AvgIpc) is 2.84. The molecule has 2 aliphatic rings. The molecule has 32 heavy (non-hydrogen) atoms. The summed E-state index contributed by atoms with van der Waals surface area (Å²) in [6.07, 6.45) is 3.91. The van der Waals surface area contributed by atoms with Crippen molar-refractivity contribution in [3.8, 4) is 0 Å². The molecule has 2 heterocycles. The van der Waals surface area contributed by atoms with Crippen LogP contribution < -0.4 is 0 Å². The minimum Gasteiger partial charge on any atom is -0.340 e. The van der Waals surface area contributed by atoms with Crippen LogP contribution in [0, 0.1) is 0 Å². The quantitative estimate of drug-likeness (QED) is 0.697. The van der Waals surface area contributed by atoms with E-state index in [4.69, 9.17) is 0 Å². The fourth-order valence-electron chi connectivity index (χ4n) is 5.01. The molecule has 2 fully saturated rings. The molecule has 5 nitrogen and oxygen atoms in total. The van der Waals surface area contributed by atoms with E-state index in [0.29, 0.717) is 32.1 Å². The lowest BCUT2D eigenvalue weighted by atomic mass is 9.88. The molecule has 5 heteroatoms. The summed E-state index contributed by atoms with van der Waals surface area (Å²) >= 11 is 0. The Balaban J connectivity index is 1.33. The van der Waals surface area contributed by atoms with Crippen molar-refractivity contribution in [2.75, 3.05) is 39.3 Å². The van der Waals surface area contributed by atoms with Gasteiger partial charge in [-0.25, -0.2) is 0 Å². The number of hydrogen-bond acceptors (Lipinski definition) is 3. The molecule has 2 aromatic carbocycles. The highest BCUT2D eigenvalue weighted by Gasteiger charge is 2.28. The van der Waals surface area contributed by atoms with Crippen LogP contribution >= 0.6 is 0 Å². The zero-order valence-corrected chi connectivity index (χ0v) is 19.2. The Morgan fingerprint density at radius 3 is 1.97 bits per heavy atom. The van der Waals surface area contributed by atoms with E-state index in [2.05, 4.69) is 36.1 Å². The van der Waals surface area contributed by atoms with Crippen LogP contribution in [0.15, 0.2) is 60.7 Å². The molecule has 0 aliphatic carbocycles. The van der Waals surface area contributed by atoms with Crippen molar-refractivity contribution in [2.24, 2.45) is 0 Å². The molecule has 4 rings (SSSR count). The summed E-state index contributed by atoms with van der Waals surface area (Å²) in [5.74, 6) is 0.494. The van der Waals surface area contributed by atoms with Crippen molar-refractivity contribution in [1.29, 1.82) is 0 Å². The van der Waals surface area contributed by atoms with E-state index in [-0.39, 0.29) is 17.7 Å². The zero-order valence-electron chi connectivity index (χ0n) is 19.2. The normalized spacial score (nSPS) is 19.9. The number of hydrogen-bond donors (Lipinski definition) is 0. The molecule has 2 aliphatic heterocycles. The lowest BCUT2D eigenvalue weighted by Gasteiger charge is -2.38. The second-order valence-corrected chi connectivity index (χ2v) is 9.17. The van der Waals surface area contributed by atoms with Gasteiger partial charge in [-0.1, -0.05) is 60.7 Å². The van der Waals surface area contributed by atoms with Crippen LogP contribution in [-0.4, -0.2) is 71.8 Å². The predicted molar refractivity (Wildman–Crippen MR) is 127 cm³/mol. The third kappa shape index (κ3) is 5.57. The van der Waals surface area contributed by atoms with Crippen LogP contribution in [0.3, 0.4) is 0 Å². The Morgan fingerprint density at radius 2 is 1.41 bits per heavy atom. The first-order chi connectivity index (χ1) is 15.6. The minimum absolute atomic E-state index is 0.0603. The fourth-order valence-corrected chi connectivity index (χ4v) is 5.01. The Morgan fingerprint density at radius 1 is 0.812 bits per heavy atom. The zero-order chi connectivity index (χ0) is 22.3. The Hall–Kier alpha value is -2.66. The fraction of sp³-hybridized carbons (Fsp3) is 0.481. The maximum absolute atomic E-state index is 13.2. The van der Waals surface area contributed by atoms with Gasteiger partial charge in [0.2, 0.25) is 11.8 Å². The molecular formula is C27H35N3O2. The number of carbonyl (C=O) groups is 2. The molecule has 0 aromatic heterocycles. The second kappa shape index (κ2) is 10.8. The average molecular weight is 434 g/mol. The van der Waals surface area contributed by atoms with Gasteiger partial charge >= 0.3 is 0 Å². The van der Waals surface area contributed by atoms with E-state index in [1.807, 2.05) is 46.2 Å². The number of piperidine rings is 1. The van der Waals surface area contributed by atoms with Gasteiger partial charge in [-0.15, -0.1) is 0 Å². The van der Waals surface area contributed by atoms with Crippen LogP contribution in [0.5, 0.6) is 0 Å². The van der Waals surface area contributed by atoms with Gasteiger partial charge in [0.25, 0.3) is 0 Å². The third-order valence-corrected chi connectivity index (χ3v) is 6.99. The molecule has 2 saturated heterocycles. The van der Waals surface area contributed by atoms with E-state index < -0.39 is 0 Å². The standard InChI is InChI=1S/C27H35N3O2/c1-22-10-8-9-15-30(22)27(32)21-28-16-18-29(19-17-28)26(31)20-25(23-11-4-2-5-12-23)24-13-6-3-7-14-24/h2-7,11-14,22,25H,8-10,15-21H2,1H3. The van der Waals surface area contributed by atoms with Crippen molar-refractivity contribution < 1.29 is 9.59 Å². The number of piperazine rings is 1. The van der Waals surface area contributed by atoms with Crippen LogP contribution in [0.2, 0.25) is 0 Å². The number of benzene rings is 2. The summed E-state index contributed by atoms with van der Waals surface area (Å²) in [5, 5.41) is 0. The highest BCUT2D eigenvalue weighted by atomic mass is 16.2. The van der Waals surface area contributed by atoms with E-state index >= 15 is 0 Å². The molecule has 2 aromatic rings. The summed E-state index contributed by atoms with van der Waals surface area (Å²) in [6, 6.07) is 21.0. The van der Waals surface area contributed by atoms with Gasteiger partial charge in [0.1, 0.15) is 0 Å². The van der Waals surface area contributed by atoms with E-state index in [1.54, 1.807) is 0 Å². The van der Waals surface area contributed by atoms with Crippen molar-refractivity contribution >= 4 is 11.8 Å². The van der Waals surface area contributed by atoms with Gasteiger partial charge in [-0.3, -0.25) is 14.5 Å². The Kier molecular flexibility index (Phi) is 7.59. The monoisotopic (exact) mass is 433 g/mol. The molecule has 0 saturated carbocycles. The maximum atomic E-state index is 13.2. The van der Waals surface area contributed by atoms with E-state index in [0.717, 1.165) is 32.5 Å². The number of carbonyl (C=O) groups excluding carboxylic acids is 2. The van der Waals surface area contributed by atoms with Gasteiger partial charge < -0.3 is 9.80 Å². The van der Waals surface area contributed by atoms with Crippen molar-refractivity contribution in [1.82, 2.24) is 14.7 Å². The summed E-state index contributed by atoms with van der Waals surface area (Å²) in [6.45, 7) is 6.43. The first kappa shape index (κ1) is 22.5. The minimum atomic E-state index is 0.0603. The number of rotatable bonds is 6. The first-order valence-corrected chi connectivity index (χ1v) is 12.0. The van der Waals surface area contributed by atoms with Crippen LogP contribution in [0.25, 0.3) is 0 Å². The predicted octanol–water partition coefficient (Wildman–Crippen LogP) is 3.75. The third-order valence-electron chi connectivity index (χ3n) is 6.99. The van der Waals surface area contributed by atoms with Gasteiger partial charge in [0.05, 0.1) is 6.54 Å². The summed E-state index contributed by atoms with van der Waals surface area (Å²) in [7, 11) is 0. The highest BCUT2D eigenvalue weighted by Crippen LogP contribution is 2.28. The lowest BCUT2D eigenvalue weighted by molar-refractivity contribution is -0.137. The van der Waals surface area contributed by atoms with Gasteiger partial charge in [0, 0.05) is 51.1 Å². The van der Waals surface area contributed by atoms with E-state index in [9.17, 15) is 9.59 Å². The largest absolute Gasteiger partial charge is 0.340 e. The lowest BCUT2D eigenvalue weighted by Crippen LogP contribution is -2.53. The Bertz CT molecular complexity index is 839. The van der Waals surface area contributed by atoms with Crippen LogP contribution in [-0.2, 0) is 9.59 Å². The smallest absolute Gasteiger partial charge is 0.236 e. The molecule has 0 bridgehead atoms. The van der Waals surface area contributed by atoms with Gasteiger partial charge in [-0.05, 0) is 37.3 Å². The van der Waals surface area contributed by atoms with Crippen molar-refractivity contribution in [2.45, 2.75) is 44.6 Å². The summed E-state index contributed by atoms with van der Waals surface area (Å²) < 4.78 is 0. The number of amides is 2. The molecule has 0 N–H and O–H groups in total. The summed E-state index contributed by atoms with van der Waals surface area (Å²) in [4.78, 5) is 32.2. The Labute approximate surface area is 192 Å². The van der Waals surface area contributed by atoms with Crippen molar-refractivity contribution in [3.05, 3.63) is 71.8 Å². The molecule has 1 unspecified atom stereocenters. The summed E-state index contributed by atoms with van der Waals surface area (Å²) in [5.41, 5.74) is 2.35. The van der Waals surface area contributed by atoms with Gasteiger partial charge in [0.15, 0.2) is 0 Å². The number of likely N-dealkylation sites (tertiary alicyclic amines) is 1. The highest BCUT2D eigenvalue weighted by molar-refractivity contribution is 5.79. The molecule has 170 valence electrons. The van der Waals surface area contributed by atoms with Crippen LogP contribution in [0.4, 0.5) is 0 Å². The van der Waals surface area contributed by atoms with E-state index in [1.165, 1.54) is 17.5 Å². The van der Waals surface area contributed by atoms with Crippen molar-refractivity contribution in [3.63, 3.8) is 0 Å². The SMILES string of the molecule is CC1CCCCN1C(=O)CN1CCN(C(=O)CC(c2ccccc2)c2ccccc2)CC1. The topological polar surface area (TPSA) is 43.9 Å². The molecular weight excluding hydrogens is 398 g/mol. The van der Waals surface area contributed by atoms with Crippen LogP contribution in [0.1, 0.15) is 49.7 Å². The first-order valence-electron chi connectivity index (χ1n) is 12.0. The molecule has 0 spiro atoms. The maximum Gasteiger partial charge on any atom is 0.236 e. The molecule has 1 atom stereocenters. The van der Waals surface area contributed by atoms with Gasteiger partial charge in [-0.2, -0.15) is 0 Å². The number of nitrogens with zero attached hydrogens (tertiary/aromatic N) is 3. The second-order valence-electron chi connectivity index (χ2n) is 9.17.